The molecule has 1 N–H and O–H groups in total. The van der Waals surface area contributed by atoms with Crippen LogP contribution in [0.15, 0.2) is 93.4 Å². The summed E-state index contributed by atoms with van der Waals surface area (Å²) < 4.78 is 18.6. The monoisotopic (exact) mass is 532 g/mol. The normalized spacial score (nSPS) is 11.0. The highest BCUT2D eigenvalue weighted by atomic mass is 79.9. The molecule has 0 saturated carbocycles. The van der Waals surface area contributed by atoms with Crippen molar-refractivity contribution in [3.8, 4) is 11.5 Å². The molecule has 35 heavy (non-hydrogen) atoms. The number of allylic oxidation sites excluding steroid dienone is 1. The molecule has 1 heterocycles. The van der Waals surface area contributed by atoms with Gasteiger partial charge >= 0.3 is 5.91 Å². The van der Waals surface area contributed by atoms with Crippen LogP contribution in [0.3, 0.4) is 0 Å². The zero-order valence-corrected chi connectivity index (χ0v) is 20.9. The van der Waals surface area contributed by atoms with Crippen LogP contribution in [0.5, 0.6) is 11.5 Å². The second-order valence-electron chi connectivity index (χ2n) is 7.70. The molecule has 178 valence electrons. The zero-order valence-electron chi connectivity index (χ0n) is 19.3. The highest BCUT2D eigenvalue weighted by molar-refractivity contribution is 9.10. The molecule has 0 fully saturated rings. The fourth-order valence-electron chi connectivity index (χ4n) is 3.54. The first-order valence-corrected chi connectivity index (χ1v) is 12.0. The van der Waals surface area contributed by atoms with Gasteiger partial charge in [-0.1, -0.05) is 52.3 Å². The molecule has 0 aliphatic carbocycles. The maximum atomic E-state index is 12.5. The number of nitrogens with zero attached hydrogens (tertiary/aromatic N) is 1. The van der Waals surface area contributed by atoms with E-state index >= 15 is 0 Å². The van der Waals surface area contributed by atoms with Crippen LogP contribution in [0.4, 0.5) is 0 Å². The van der Waals surface area contributed by atoms with Crippen molar-refractivity contribution in [3.63, 3.8) is 0 Å². The molecule has 0 spiro atoms. The van der Waals surface area contributed by atoms with Gasteiger partial charge in [-0.3, -0.25) is 4.79 Å². The molecule has 1 aromatic heterocycles. The van der Waals surface area contributed by atoms with Crippen LogP contribution in [0.25, 0.3) is 11.0 Å². The Morgan fingerprint density at radius 3 is 2.66 bits per heavy atom. The van der Waals surface area contributed by atoms with Crippen molar-refractivity contribution in [2.75, 3.05) is 6.61 Å². The van der Waals surface area contributed by atoms with Gasteiger partial charge in [0.25, 0.3) is 0 Å². The summed E-state index contributed by atoms with van der Waals surface area (Å²) in [5.74, 6) is 1.04. The number of hydrogen-bond donors (Lipinski definition) is 1. The largest absolute Gasteiger partial charge is 0.490 e. The van der Waals surface area contributed by atoms with E-state index in [1.165, 1.54) is 0 Å². The van der Waals surface area contributed by atoms with E-state index in [-0.39, 0.29) is 5.76 Å². The maximum absolute atomic E-state index is 12.5. The summed E-state index contributed by atoms with van der Waals surface area (Å²) in [4.78, 5) is 12.5. The zero-order chi connectivity index (χ0) is 24.6. The van der Waals surface area contributed by atoms with Crippen molar-refractivity contribution >= 4 is 39.0 Å². The molecule has 7 heteroatoms. The molecule has 3 aromatic carbocycles. The van der Waals surface area contributed by atoms with Gasteiger partial charge in [0.05, 0.1) is 12.8 Å². The van der Waals surface area contributed by atoms with Gasteiger partial charge in [-0.15, -0.1) is 6.58 Å². The van der Waals surface area contributed by atoms with Gasteiger partial charge in [-0.25, -0.2) is 5.43 Å². The van der Waals surface area contributed by atoms with Crippen LogP contribution in [0.1, 0.15) is 34.2 Å². The second kappa shape index (κ2) is 11.5. The molecular formula is C28H25BrN2O4. The van der Waals surface area contributed by atoms with E-state index in [9.17, 15) is 4.79 Å². The summed E-state index contributed by atoms with van der Waals surface area (Å²) in [7, 11) is 0. The summed E-state index contributed by atoms with van der Waals surface area (Å²) in [6.07, 6.45) is 3.96. The molecule has 4 aromatic rings. The Labute approximate surface area is 212 Å². The average molecular weight is 533 g/mol. The number of nitrogens with one attached hydrogen (secondary N) is 1. The summed E-state index contributed by atoms with van der Waals surface area (Å²) in [6, 6.07) is 20.9. The Balaban J connectivity index is 1.52. The molecule has 6 nitrogen and oxygen atoms in total. The fraction of sp³-hybridized carbons (Fsp3) is 0.143. The summed E-state index contributed by atoms with van der Waals surface area (Å²) in [5.41, 5.74) is 5.87. The van der Waals surface area contributed by atoms with Crippen molar-refractivity contribution in [2.45, 2.75) is 20.0 Å². The Kier molecular flexibility index (Phi) is 8.00. The van der Waals surface area contributed by atoms with Crippen molar-refractivity contribution in [2.24, 2.45) is 5.10 Å². The number of carbonyl (C=O) groups excluding carboxylic acids is 1. The number of ether oxygens (including phenoxy) is 2. The minimum absolute atomic E-state index is 0.197. The minimum atomic E-state index is -0.428. The fourth-order valence-corrected chi connectivity index (χ4v) is 3.81. The van der Waals surface area contributed by atoms with Crippen LogP contribution in [0.2, 0.25) is 0 Å². The number of carbonyl (C=O) groups is 1. The summed E-state index contributed by atoms with van der Waals surface area (Å²) >= 11 is 3.45. The topological polar surface area (TPSA) is 73.1 Å². The third-order valence-corrected chi connectivity index (χ3v) is 5.67. The van der Waals surface area contributed by atoms with Gasteiger partial charge in [0.15, 0.2) is 17.3 Å². The predicted molar refractivity (Wildman–Crippen MR) is 141 cm³/mol. The summed E-state index contributed by atoms with van der Waals surface area (Å²) in [6.45, 7) is 6.66. The Morgan fingerprint density at radius 1 is 1.11 bits per heavy atom. The third kappa shape index (κ3) is 6.19. The van der Waals surface area contributed by atoms with E-state index in [4.69, 9.17) is 13.9 Å². The first-order valence-electron chi connectivity index (χ1n) is 11.2. The van der Waals surface area contributed by atoms with Crippen molar-refractivity contribution in [1.82, 2.24) is 5.43 Å². The first-order chi connectivity index (χ1) is 17.1. The molecule has 0 saturated heterocycles. The van der Waals surface area contributed by atoms with Crippen LogP contribution in [-0.4, -0.2) is 18.7 Å². The number of benzene rings is 3. The van der Waals surface area contributed by atoms with Gasteiger partial charge in [-0.05, 0) is 60.9 Å². The lowest BCUT2D eigenvalue weighted by molar-refractivity contribution is 0.0929. The van der Waals surface area contributed by atoms with E-state index in [0.29, 0.717) is 36.7 Å². The summed E-state index contributed by atoms with van der Waals surface area (Å²) in [5, 5.41) is 4.97. The highest BCUT2D eigenvalue weighted by Crippen LogP contribution is 2.34. The molecule has 1 amide bonds. The number of halogens is 1. The van der Waals surface area contributed by atoms with Gasteiger partial charge in [0.1, 0.15) is 12.2 Å². The number of amides is 1. The number of rotatable bonds is 10. The predicted octanol–water partition coefficient (Wildman–Crippen LogP) is 6.67. The number of fused-ring (bicyclic) bond motifs is 1. The van der Waals surface area contributed by atoms with Crippen LogP contribution < -0.4 is 14.9 Å². The van der Waals surface area contributed by atoms with E-state index in [0.717, 1.165) is 26.5 Å². The molecule has 0 atom stereocenters. The average Bonchev–Trinajstić information content (AvgIpc) is 3.30. The van der Waals surface area contributed by atoms with Gasteiger partial charge in [-0.2, -0.15) is 5.10 Å². The molecule has 0 aliphatic heterocycles. The number of furan rings is 1. The quantitative estimate of drug-likeness (QED) is 0.141. The second-order valence-corrected chi connectivity index (χ2v) is 8.61. The van der Waals surface area contributed by atoms with E-state index in [1.807, 2.05) is 73.7 Å². The highest BCUT2D eigenvalue weighted by Gasteiger charge is 2.14. The molecular weight excluding hydrogens is 508 g/mol. The SMILES string of the molecule is C=CCc1cc(/C=N/NC(=O)c2cc3ccccc3o2)cc(OCC)c1OCc1ccc(Br)cc1. The Hall–Kier alpha value is -3.84. The molecule has 0 radical (unpaired) electrons. The van der Waals surface area contributed by atoms with E-state index in [2.05, 4.69) is 33.0 Å². The van der Waals surface area contributed by atoms with Crippen LogP contribution >= 0.6 is 15.9 Å². The van der Waals surface area contributed by atoms with Crippen molar-refractivity contribution < 1.29 is 18.7 Å². The van der Waals surface area contributed by atoms with Crippen molar-refractivity contribution in [1.29, 1.82) is 0 Å². The van der Waals surface area contributed by atoms with Gasteiger partial charge < -0.3 is 13.9 Å². The standard InChI is InChI=1S/C28H25BrN2O4/c1-3-7-22-14-20(17-30-31-28(32)26-16-21-8-5-6-9-24(21)35-26)15-25(33-4-2)27(22)34-18-19-10-12-23(29)13-11-19/h3,5-6,8-17H,1,4,7,18H2,2H3,(H,31,32)/b30-17+. The van der Waals surface area contributed by atoms with E-state index < -0.39 is 5.91 Å². The minimum Gasteiger partial charge on any atom is -0.490 e. The lowest BCUT2D eigenvalue weighted by atomic mass is 10.1. The van der Waals surface area contributed by atoms with Crippen LogP contribution in [0, 0.1) is 0 Å². The van der Waals surface area contributed by atoms with Crippen LogP contribution in [-0.2, 0) is 13.0 Å². The van der Waals surface area contributed by atoms with Gasteiger partial charge in [0, 0.05) is 15.4 Å². The number of hydrazone groups is 1. The third-order valence-electron chi connectivity index (χ3n) is 5.14. The van der Waals surface area contributed by atoms with E-state index in [1.54, 1.807) is 12.3 Å². The molecule has 0 aliphatic rings. The lowest BCUT2D eigenvalue weighted by Crippen LogP contribution is -2.16. The maximum Gasteiger partial charge on any atom is 0.307 e. The molecule has 0 unspecified atom stereocenters. The molecule has 4 rings (SSSR count). The number of para-hydroxylation sites is 1. The number of hydrogen-bond acceptors (Lipinski definition) is 5. The first kappa shape index (κ1) is 24.3. The van der Waals surface area contributed by atoms with Crippen molar-refractivity contribution in [3.05, 3.63) is 106 Å². The smallest absolute Gasteiger partial charge is 0.307 e. The Morgan fingerprint density at radius 2 is 1.91 bits per heavy atom. The Bertz CT molecular complexity index is 1330. The lowest BCUT2D eigenvalue weighted by Gasteiger charge is -2.17. The van der Waals surface area contributed by atoms with Gasteiger partial charge in [0.2, 0.25) is 0 Å². The molecule has 0 bridgehead atoms.